The molecule has 0 saturated carbocycles. The molecule has 30 heteroatoms. The van der Waals surface area contributed by atoms with Crippen LogP contribution in [0.4, 0.5) is 68.2 Å². The number of nitrogens with one attached hydrogen (secondary N) is 2. The summed E-state index contributed by atoms with van der Waals surface area (Å²) >= 11 is 0. The summed E-state index contributed by atoms with van der Waals surface area (Å²) in [4.78, 5) is 17.1. The van der Waals surface area contributed by atoms with Gasteiger partial charge < -0.3 is 22.1 Å². The average molecular weight is 985 g/mol. The van der Waals surface area contributed by atoms with Crippen LogP contribution in [0.3, 0.4) is 0 Å². The Balaban J connectivity index is 1.32. The molecule has 0 fully saturated rings. The van der Waals surface area contributed by atoms with Crippen LogP contribution >= 0.6 is 0 Å². The fourth-order valence-electron chi connectivity index (χ4n) is 5.83. The van der Waals surface area contributed by atoms with Crippen molar-refractivity contribution >= 4 is 109 Å². The van der Waals surface area contributed by atoms with Crippen molar-refractivity contribution in [2.45, 2.75) is 19.6 Å². The van der Waals surface area contributed by atoms with Gasteiger partial charge in [0.15, 0.2) is 0 Å². The number of nitro groups is 2. The minimum atomic E-state index is -5.21. The monoisotopic (exact) mass is 984 g/mol. The number of benzene rings is 6. The maximum atomic E-state index is 12.6. The molecule has 0 aromatic heterocycles. The molecule has 66 heavy (non-hydrogen) atoms. The second kappa shape index (κ2) is 18.0. The van der Waals surface area contributed by atoms with E-state index in [0.29, 0.717) is 12.1 Å². The van der Waals surface area contributed by atoms with Crippen LogP contribution in [0.5, 0.6) is 0 Å². The Morgan fingerprint density at radius 2 is 0.758 bits per heavy atom. The summed E-state index contributed by atoms with van der Waals surface area (Å²) < 4.78 is 138. The molecule has 6 rings (SSSR count). The van der Waals surface area contributed by atoms with E-state index in [4.69, 9.17) is 11.5 Å². The molecule has 0 atom stereocenters. The van der Waals surface area contributed by atoms with Gasteiger partial charge in [-0.3, -0.25) is 38.4 Å². The smallest absolute Gasteiger partial charge is 0.296 e. The molecule has 0 spiro atoms. The van der Waals surface area contributed by atoms with Gasteiger partial charge in [-0.2, -0.15) is 43.9 Å². The number of nitrogens with zero attached hydrogens (tertiary/aromatic N) is 6. The van der Waals surface area contributed by atoms with Crippen molar-refractivity contribution in [1.29, 1.82) is 0 Å². The number of nitrogens with two attached hydrogens (primary N) is 2. The molecule has 342 valence electrons. The van der Waals surface area contributed by atoms with E-state index in [2.05, 4.69) is 31.1 Å². The van der Waals surface area contributed by atoms with Crippen LogP contribution in [0.25, 0.3) is 11.1 Å². The van der Waals surface area contributed by atoms with E-state index in [0.717, 1.165) is 48.5 Å². The van der Waals surface area contributed by atoms with Crippen molar-refractivity contribution in [1.82, 2.24) is 0 Å². The van der Waals surface area contributed by atoms with E-state index in [-0.39, 0.29) is 45.5 Å². The molecule has 6 aromatic carbocycles. The highest BCUT2D eigenvalue weighted by atomic mass is 32.2. The molecule has 6 aromatic rings. The van der Waals surface area contributed by atoms with Gasteiger partial charge in [-0.05, 0) is 84.9 Å². The minimum absolute atomic E-state index is 0.103. The van der Waals surface area contributed by atoms with E-state index < -0.39 is 104 Å². The summed E-state index contributed by atoms with van der Waals surface area (Å²) in [6.45, 7) is 0. The zero-order valence-electron chi connectivity index (χ0n) is 32.6. The highest BCUT2D eigenvalue weighted by molar-refractivity contribution is 7.86. The molecule has 0 unspecified atom stereocenters. The number of nitrogen functional groups attached to an aromatic ring is 2. The number of nitro benzene ring substituents is 2. The Hall–Kier alpha value is -7.84. The third-order valence-corrected chi connectivity index (χ3v) is 12.4. The summed E-state index contributed by atoms with van der Waals surface area (Å²) in [6, 6.07) is 19.7. The fraction of sp³-hybridized carbons (Fsp3) is 0. The van der Waals surface area contributed by atoms with Crippen LogP contribution in [0.1, 0.15) is 0 Å². The Bertz CT molecular complexity index is 3270. The first-order valence-corrected chi connectivity index (χ1v) is 23.4. The van der Waals surface area contributed by atoms with Gasteiger partial charge >= 0.3 is 0 Å². The molecule has 0 bridgehead atoms. The van der Waals surface area contributed by atoms with Crippen molar-refractivity contribution in [3.8, 4) is 11.1 Å². The number of hydrogen-bond donors (Lipinski definition) is 8. The SMILES string of the molecule is Nc1cc(S(=O)(=O)O)c(-c2cc(N=Nc3ccc(Nc4ccc([N+](=O)[O-])cc4S(=O)(=O)O)cc3)c(N)cc2S(=O)(=O)O)cc1N=Nc1ccc(Nc2ccc([N+](=O)[O-])cc2S(=O)(=O)O)cc1. The van der Waals surface area contributed by atoms with Crippen molar-refractivity contribution in [2.75, 3.05) is 22.1 Å². The van der Waals surface area contributed by atoms with Gasteiger partial charge in [0.25, 0.3) is 51.8 Å². The van der Waals surface area contributed by atoms with Crippen LogP contribution in [0.2, 0.25) is 0 Å². The van der Waals surface area contributed by atoms with Crippen molar-refractivity contribution in [3.63, 3.8) is 0 Å². The van der Waals surface area contributed by atoms with E-state index >= 15 is 0 Å². The lowest BCUT2D eigenvalue weighted by Gasteiger charge is -2.15. The second-order valence-electron chi connectivity index (χ2n) is 13.3. The first-order chi connectivity index (χ1) is 30.7. The van der Waals surface area contributed by atoms with E-state index in [1.807, 2.05) is 0 Å². The Morgan fingerprint density at radius 3 is 1.05 bits per heavy atom. The zero-order chi connectivity index (χ0) is 48.5. The van der Waals surface area contributed by atoms with Crippen molar-refractivity contribution < 1.29 is 61.7 Å². The largest absolute Gasteiger partial charge is 0.397 e. The highest BCUT2D eigenvalue weighted by Gasteiger charge is 2.27. The summed E-state index contributed by atoms with van der Waals surface area (Å²) in [5.41, 5.74) is 8.58. The molecule has 0 saturated heterocycles. The second-order valence-corrected chi connectivity index (χ2v) is 18.9. The van der Waals surface area contributed by atoms with Gasteiger partial charge in [-0.1, -0.05) is 0 Å². The molecule has 0 aliphatic carbocycles. The third-order valence-electron chi connectivity index (χ3n) is 8.85. The first kappa shape index (κ1) is 47.6. The minimum Gasteiger partial charge on any atom is -0.397 e. The summed E-state index contributed by atoms with van der Waals surface area (Å²) in [6.07, 6.45) is 0. The van der Waals surface area contributed by atoms with Crippen LogP contribution in [0, 0.1) is 20.2 Å². The maximum absolute atomic E-state index is 12.6. The molecule has 10 N–H and O–H groups in total. The Morgan fingerprint density at radius 1 is 0.439 bits per heavy atom. The molecule has 0 heterocycles. The Kier molecular flexibility index (Phi) is 13.0. The lowest BCUT2D eigenvalue weighted by atomic mass is 10.0. The lowest BCUT2D eigenvalue weighted by molar-refractivity contribution is -0.385. The molecule has 0 radical (unpaired) electrons. The standard InChI is InChI=1S/C36H28N10O16S4/c37-27-17-33(63(51,52)53)25(15-31(27)43-41-21-5-1-19(2-6-21)39-29-11-9-23(45(47)48)13-35(29)65(57,58)59)26-16-32(28(38)18-34(26)64(54,55)56)44-42-22-7-3-20(4-8-22)40-30-12-10-24(46(49)50)14-36(30)66(60,61)62/h1-18,39-40H,37-38H2,(H,51,52,53)(H,54,55,56)(H,57,58,59)(H,60,61,62). The highest BCUT2D eigenvalue weighted by Crippen LogP contribution is 2.43. The molecular weight excluding hydrogens is 957 g/mol. The van der Waals surface area contributed by atoms with E-state index in [1.165, 1.54) is 48.5 Å². The number of anilines is 6. The topological polar surface area (TPSA) is 429 Å². The third kappa shape index (κ3) is 11.1. The maximum Gasteiger partial charge on any atom is 0.296 e. The van der Waals surface area contributed by atoms with Gasteiger partial charge in [0.05, 0.1) is 44.0 Å². The fourth-order valence-corrected chi connectivity index (χ4v) is 8.61. The van der Waals surface area contributed by atoms with E-state index in [1.54, 1.807) is 0 Å². The van der Waals surface area contributed by atoms with Crippen molar-refractivity contribution in [2.24, 2.45) is 20.5 Å². The van der Waals surface area contributed by atoms with Gasteiger partial charge in [0.2, 0.25) is 0 Å². The Labute approximate surface area is 371 Å². The average Bonchev–Trinajstić information content (AvgIpc) is 3.22. The predicted molar refractivity (Wildman–Crippen MR) is 234 cm³/mol. The predicted octanol–water partition coefficient (Wildman–Crippen LogP) is 7.64. The van der Waals surface area contributed by atoms with Crippen LogP contribution in [-0.2, 0) is 40.5 Å². The molecule has 0 aliphatic rings. The number of rotatable bonds is 15. The molecule has 0 aliphatic heterocycles. The number of hydrogen-bond acceptors (Lipinski definition) is 20. The lowest BCUT2D eigenvalue weighted by Crippen LogP contribution is -2.07. The molecular formula is C36H28N10O16S4. The molecule has 26 nitrogen and oxygen atoms in total. The number of non-ortho nitro benzene ring substituents is 2. The summed E-state index contributed by atoms with van der Waals surface area (Å²) in [7, 11) is -20.2. The van der Waals surface area contributed by atoms with Crippen LogP contribution in [0.15, 0.2) is 149 Å². The zero-order valence-corrected chi connectivity index (χ0v) is 35.8. The summed E-state index contributed by atoms with van der Waals surface area (Å²) in [5, 5.41) is 43.7. The van der Waals surface area contributed by atoms with E-state index in [9.17, 15) is 72.1 Å². The quantitative estimate of drug-likeness (QED) is 0.0161. The van der Waals surface area contributed by atoms with Crippen molar-refractivity contribution in [3.05, 3.63) is 129 Å². The first-order valence-electron chi connectivity index (χ1n) is 17.6. The normalized spacial score (nSPS) is 12.4. The van der Waals surface area contributed by atoms with Gasteiger partial charge in [-0.25, -0.2) is 0 Å². The molecule has 0 amide bonds. The van der Waals surface area contributed by atoms with Crippen LogP contribution in [-0.4, -0.2) is 61.7 Å². The van der Waals surface area contributed by atoms with Gasteiger partial charge in [0, 0.05) is 46.8 Å². The summed E-state index contributed by atoms with van der Waals surface area (Å²) in [5.74, 6) is 0. The van der Waals surface area contributed by atoms with Crippen LogP contribution < -0.4 is 22.1 Å². The van der Waals surface area contributed by atoms with Gasteiger partial charge in [-0.15, -0.1) is 10.2 Å². The number of azo groups is 2. The van der Waals surface area contributed by atoms with Gasteiger partial charge in [0.1, 0.15) is 31.0 Å².